The number of carbonyl (C=O) groups is 2. The van der Waals surface area contributed by atoms with Crippen molar-refractivity contribution in [3.63, 3.8) is 0 Å². The summed E-state index contributed by atoms with van der Waals surface area (Å²) in [6, 6.07) is 5.34. The summed E-state index contributed by atoms with van der Waals surface area (Å²) in [5.74, 6) is -0.211. The summed E-state index contributed by atoms with van der Waals surface area (Å²) in [6.07, 6.45) is 2.04. The second-order valence-electron chi connectivity index (χ2n) is 4.04. The van der Waals surface area contributed by atoms with E-state index in [0.717, 1.165) is 17.5 Å². The molecule has 4 nitrogen and oxygen atoms in total. The number of fused-ring (bicyclic) bond motifs is 1. The maximum atomic E-state index is 11.8. The zero-order chi connectivity index (χ0) is 12.4. The van der Waals surface area contributed by atoms with Crippen molar-refractivity contribution >= 4 is 17.5 Å². The highest BCUT2D eigenvalue weighted by atomic mass is 16.2. The molecule has 0 spiro atoms. The third-order valence-corrected chi connectivity index (χ3v) is 2.85. The van der Waals surface area contributed by atoms with Gasteiger partial charge in [-0.05, 0) is 36.3 Å². The average molecular weight is 230 g/mol. The van der Waals surface area contributed by atoms with Crippen LogP contribution in [0.3, 0.4) is 0 Å². The van der Waals surface area contributed by atoms with Crippen LogP contribution >= 0.6 is 0 Å². The van der Waals surface area contributed by atoms with Gasteiger partial charge in [0.15, 0.2) is 0 Å². The maximum absolute atomic E-state index is 11.8. The summed E-state index contributed by atoms with van der Waals surface area (Å²) >= 11 is 0. The monoisotopic (exact) mass is 230 g/mol. The number of nitrogens with one attached hydrogen (secondary N) is 1. The number of hydrogen-bond donors (Lipinski definition) is 1. The molecule has 2 rings (SSSR count). The molecule has 0 aromatic heterocycles. The predicted octanol–water partition coefficient (Wildman–Crippen LogP) is 1.44. The topological polar surface area (TPSA) is 49.4 Å². The highest BCUT2D eigenvalue weighted by molar-refractivity contribution is 6.00. The highest BCUT2D eigenvalue weighted by Crippen LogP contribution is 2.21. The number of amides is 2. The quantitative estimate of drug-likeness (QED) is 0.781. The van der Waals surface area contributed by atoms with Crippen molar-refractivity contribution in [3.8, 4) is 0 Å². The average Bonchev–Trinajstić information content (AvgIpc) is 2.34. The number of rotatable bonds is 2. The van der Waals surface area contributed by atoms with Gasteiger partial charge in [-0.2, -0.15) is 0 Å². The van der Waals surface area contributed by atoms with Crippen LogP contribution in [0.2, 0.25) is 0 Å². The summed E-state index contributed by atoms with van der Waals surface area (Å²) in [6.45, 7) is 4.11. The number of carbonyl (C=O) groups excluding carboxylic acids is 2. The van der Waals surface area contributed by atoms with E-state index in [-0.39, 0.29) is 11.8 Å². The van der Waals surface area contributed by atoms with Crippen LogP contribution in [0.5, 0.6) is 0 Å². The second-order valence-corrected chi connectivity index (χ2v) is 4.04. The first kappa shape index (κ1) is 11.4. The molecular formula is C13H14N2O2. The van der Waals surface area contributed by atoms with Crippen molar-refractivity contribution in [2.24, 2.45) is 0 Å². The van der Waals surface area contributed by atoms with Crippen LogP contribution in [0.4, 0.5) is 5.69 Å². The Morgan fingerprint density at radius 3 is 3.00 bits per heavy atom. The van der Waals surface area contributed by atoms with Crippen molar-refractivity contribution < 1.29 is 9.59 Å². The summed E-state index contributed by atoms with van der Waals surface area (Å²) in [4.78, 5) is 24.7. The Hall–Kier alpha value is -2.10. The third kappa shape index (κ3) is 2.20. The van der Waals surface area contributed by atoms with Crippen LogP contribution in [0, 0.1) is 0 Å². The molecule has 4 heteroatoms. The predicted molar refractivity (Wildman–Crippen MR) is 65.9 cm³/mol. The Morgan fingerprint density at radius 1 is 1.53 bits per heavy atom. The smallest absolute Gasteiger partial charge is 0.253 e. The number of hydrogen-bond acceptors (Lipinski definition) is 2. The SMILES string of the molecule is C=CC(=O)Nc1ccc2c(c1)CCN(C)C2=O. The van der Waals surface area contributed by atoms with E-state index in [1.807, 2.05) is 6.07 Å². The Bertz CT molecular complexity index is 494. The molecule has 0 fully saturated rings. The molecule has 1 N–H and O–H groups in total. The molecule has 0 radical (unpaired) electrons. The number of likely N-dealkylation sites (N-methyl/N-ethyl adjacent to an activating group) is 1. The summed E-state index contributed by atoms with van der Waals surface area (Å²) in [5, 5.41) is 2.69. The van der Waals surface area contributed by atoms with Gasteiger partial charge in [-0.25, -0.2) is 0 Å². The third-order valence-electron chi connectivity index (χ3n) is 2.85. The minimum absolute atomic E-state index is 0.0350. The molecule has 1 aliphatic rings. The second kappa shape index (κ2) is 4.41. The van der Waals surface area contributed by atoms with Crippen molar-refractivity contribution in [2.45, 2.75) is 6.42 Å². The Morgan fingerprint density at radius 2 is 2.29 bits per heavy atom. The molecule has 0 atom stereocenters. The molecule has 1 heterocycles. The molecule has 1 aromatic carbocycles. The van der Waals surface area contributed by atoms with E-state index in [2.05, 4.69) is 11.9 Å². The fourth-order valence-corrected chi connectivity index (χ4v) is 1.88. The van der Waals surface area contributed by atoms with Crippen molar-refractivity contribution in [1.82, 2.24) is 4.90 Å². The normalized spacial score (nSPS) is 14.2. The molecule has 2 amide bonds. The summed E-state index contributed by atoms with van der Waals surface area (Å²) in [5.41, 5.74) is 2.40. The lowest BCUT2D eigenvalue weighted by Crippen LogP contribution is -2.34. The van der Waals surface area contributed by atoms with Gasteiger partial charge in [0, 0.05) is 24.8 Å². The number of anilines is 1. The minimum atomic E-state index is -0.246. The van der Waals surface area contributed by atoms with Gasteiger partial charge in [-0.1, -0.05) is 6.58 Å². The standard InChI is InChI=1S/C13H14N2O2/c1-3-12(16)14-10-4-5-11-9(8-10)6-7-15(2)13(11)17/h3-5,8H,1,6-7H2,2H3,(H,14,16). The molecular weight excluding hydrogens is 216 g/mol. The zero-order valence-corrected chi connectivity index (χ0v) is 9.69. The van der Waals surface area contributed by atoms with Gasteiger partial charge >= 0.3 is 0 Å². The lowest BCUT2D eigenvalue weighted by Gasteiger charge is -2.25. The first-order valence-corrected chi connectivity index (χ1v) is 5.43. The molecule has 0 saturated carbocycles. The van der Waals surface area contributed by atoms with E-state index in [4.69, 9.17) is 0 Å². The van der Waals surface area contributed by atoms with Crippen LogP contribution in [0.1, 0.15) is 15.9 Å². The van der Waals surface area contributed by atoms with E-state index < -0.39 is 0 Å². The van der Waals surface area contributed by atoms with Crippen LogP contribution < -0.4 is 5.32 Å². The Kier molecular flexibility index (Phi) is 2.95. The minimum Gasteiger partial charge on any atom is -0.341 e. The van der Waals surface area contributed by atoms with Gasteiger partial charge in [0.25, 0.3) is 5.91 Å². The molecule has 88 valence electrons. The van der Waals surface area contributed by atoms with Crippen molar-refractivity contribution in [1.29, 1.82) is 0 Å². The number of benzene rings is 1. The lowest BCUT2D eigenvalue weighted by molar-refractivity contribution is -0.111. The molecule has 0 saturated heterocycles. The van der Waals surface area contributed by atoms with Gasteiger partial charge in [0.2, 0.25) is 5.91 Å². The fourth-order valence-electron chi connectivity index (χ4n) is 1.88. The van der Waals surface area contributed by atoms with Crippen LogP contribution in [-0.2, 0) is 11.2 Å². The molecule has 0 bridgehead atoms. The fraction of sp³-hybridized carbons (Fsp3) is 0.231. The summed E-state index contributed by atoms with van der Waals surface area (Å²) in [7, 11) is 1.79. The maximum Gasteiger partial charge on any atom is 0.253 e. The Labute approximate surface area is 99.9 Å². The van der Waals surface area contributed by atoms with Crippen LogP contribution in [0.15, 0.2) is 30.9 Å². The van der Waals surface area contributed by atoms with E-state index in [9.17, 15) is 9.59 Å². The van der Waals surface area contributed by atoms with E-state index in [1.54, 1.807) is 24.1 Å². The highest BCUT2D eigenvalue weighted by Gasteiger charge is 2.21. The van der Waals surface area contributed by atoms with Gasteiger partial charge in [0.05, 0.1) is 0 Å². The molecule has 1 aliphatic heterocycles. The largest absolute Gasteiger partial charge is 0.341 e. The first-order valence-electron chi connectivity index (χ1n) is 5.43. The molecule has 17 heavy (non-hydrogen) atoms. The van der Waals surface area contributed by atoms with Crippen LogP contribution in [-0.4, -0.2) is 30.3 Å². The molecule has 0 aliphatic carbocycles. The zero-order valence-electron chi connectivity index (χ0n) is 9.69. The van der Waals surface area contributed by atoms with Crippen molar-refractivity contribution in [3.05, 3.63) is 42.0 Å². The molecule has 0 unspecified atom stereocenters. The van der Waals surface area contributed by atoms with Gasteiger partial charge in [0.1, 0.15) is 0 Å². The van der Waals surface area contributed by atoms with E-state index in [0.29, 0.717) is 12.2 Å². The van der Waals surface area contributed by atoms with E-state index in [1.165, 1.54) is 6.08 Å². The Balaban J connectivity index is 2.29. The van der Waals surface area contributed by atoms with E-state index >= 15 is 0 Å². The number of nitrogens with zero attached hydrogens (tertiary/aromatic N) is 1. The van der Waals surface area contributed by atoms with Gasteiger partial charge in [-0.15, -0.1) is 0 Å². The molecule has 1 aromatic rings. The first-order chi connectivity index (χ1) is 8.11. The van der Waals surface area contributed by atoms with Crippen LogP contribution in [0.25, 0.3) is 0 Å². The van der Waals surface area contributed by atoms with Gasteiger partial charge < -0.3 is 10.2 Å². The lowest BCUT2D eigenvalue weighted by atomic mass is 9.99. The summed E-state index contributed by atoms with van der Waals surface area (Å²) < 4.78 is 0. The van der Waals surface area contributed by atoms with Gasteiger partial charge in [-0.3, -0.25) is 9.59 Å². The van der Waals surface area contributed by atoms with Crippen molar-refractivity contribution in [2.75, 3.05) is 18.9 Å².